The van der Waals surface area contributed by atoms with Crippen molar-refractivity contribution >= 4 is 12.0 Å². The summed E-state index contributed by atoms with van der Waals surface area (Å²) >= 11 is 0. The summed E-state index contributed by atoms with van der Waals surface area (Å²) in [6.45, 7) is 0.457. The lowest BCUT2D eigenvalue weighted by Crippen LogP contribution is -2.60. The summed E-state index contributed by atoms with van der Waals surface area (Å²) in [5.74, 6) is -1.95. The van der Waals surface area contributed by atoms with Gasteiger partial charge in [-0.2, -0.15) is 0 Å². The van der Waals surface area contributed by atoms with Gasteiger partial charge in [0.15, 0.2) is 18.7 Å². The van der Waals surface area contributed by atoms with Crippen LogP contribution in [0.25, 0.3) is 6.08 Å². The maximum Gasteiger partial charge on any atom is 0.331 e. The van der Waals surface area contributed by atoms with Crippen LogP contribution in [0.15, 0.2) is 54.3 Å². The van der Waals surface area contributed by atoms with Gasteiger partial charge >= 0.3 is 5.97 Å². The molecule has 0 saturated carbocycles. The normalized spacial score (nSPS) is 41.4. The van der Waals surface area contributed by atoms with Gasteiger partial charge in [-0.15, -0.1) is 0 Å². The van der Waals surface area contributed by atoms with Crippen LogP contribution in [-0.4, -0.2) is 134 Å². The third kappa shape index (κ3) is 7.08. The van der Waals surface area contributed by atoms with Gasteiger partial charge in [-0.25, -0.2) is 4.79 Å². The molecule has 8 N–H and O–H groups in total. The fourth-order valence-electron chi connectivity index (χ4n) is 5.84. The molecule has 248 valence electrons. The minimum atomic E-state index is -1.68. The molecule has 5 rings (SSSR count). The third-order valence-electron chi connectivity index (χ3n) is 8.33. The highest BCUT2D eigenvalue weighted by Crippen LogP contribution is 2.43. The second-order valence-corrected chi connectivity index (χ2v) is 11.3. The number of benzene rings is 1. The molecule has 1 aromatic carbocycles. The Bertz CT molecular complexity index is 1250. The van der Waals surface area contributed by atoms with Gasteiger partial charge in [0.1, 0.15) is 42.4 Å². The van der Waals surface area contributed by atoms with E-state index in [-0.39, 0.29) is 5.75 Å². The lowest BCUT2D eigenvalue weighted by atomic mass is 9.88. The first-order chi connectivity index (χ1) is 21.5. The number of phenolic OH excluding ortho intramolecular Hbond substituents is 1. The third-order valence-corrected chi connectivity index (χ3v) is 8.33. The minimum Gasteiger partial charge on any atom is -0.508 e. The molecule has 0 spiro atoms. The van der Waals surface area contributed by atoms with Gasteiger partial charge in [0.2, 0.25) is 6.29 Å². The lowest BCUT2D eigenvalue weighted by molar-refractivity contribution is -0.341. The van der Waals surface area contributed by atoms with E-state index < -0.39 is 105 Å². The number of phenols is 1. The Labute approximate surface area is 257 Å². The van der Waals surface area contributed by atoms with Crippen molar-refractivity contribution in [3.63, 3.8) is 0 Å². The number of carbonyl (C=O) groups is 1. The molecule has 1 aromatic rings. The molecular formula is C30H38O15. The number of esters is 1. The van der Waals surface area contributed by atoms with E-state index in [0.29, 0.717) is 11.1 Å². The molecule has 15 heteroatoms. The first kappa shape index (κ1) is 33.4. The van der Waals surface area contributed by atoms with Gasteiger partial charge in [0.05, 0.1) is 37.6 Å². The maximum atomic E-state index is 12.4. The minimum absolute atomic E-state index is 0.0714. The van der Waals surface area contributed by atoms with E-state index in [0.717, 1.165) is 6.08 Å². The quantitative estimate of drug-likeness (QED) is 0.0832. The van der Waals surface area contributed by atoms with Gasteiger partial charge in [0.25, 0.3) is 0 Å². The highest BCUT2D eigenvalue weighted by atomic mass is 16.8. The first-order valence-electron chi connectivity index (χ1n) is 14.5. The molecule has 15 nitrogen and oxygen atoms in total. The number of hydrogen-bond donors (Lipinski definition) is 8. The molecule has 2 saturated heterocycles. The van der Waals surface area contributed by atoms with Crippen LogP contribution in [-0.2, 0) is 33.2 Å². The molecule has 45 heavy (non-hydrogen) atoms. The monoisotopic (exact) mass is 638 g/mol. The van der Waals surface area contributed by atoms with E-state index in [9.17, 15) is 45.6 Å². The zero-order valence-corrected chi connectivity index (χ0v) is 24.1. The van der Waals surface area contributed by atoms with Crippen molar-refractivity contribution in [2.75, 3.05) is 13.2 Å². The van der Waals surface area contributed by atoms with Crippen molar-refractivity contribution in [1.29, 1.82) is 0 Å². The summed E-state index contributed by atoms with van der Waals surface area (Å²) in [5, 5.41) is 81.3. The lowest BCUT2D eigenvalue weighted by Gasteiger charge is -2.43. The summed E-state index contributed by atoms with van der Waals surface area (Å²) in [6.07, 6.45) is -9.13. The zero-order valence-electron chi connectivity index (χ0n) is 24.1. The second kappa shape index (κ2) is 14.2. The van der Waals surface area contributed by atoms with Crippen molar-refractivity contribution in [3.05, 3.63) is 59.9 Å². The molecule has 0 amide bonds. The predicted octanol–water partition coefficient (Wildman–Crippen LogP) is -1.98. The molecule has 0 radical (unpaired) electrons. The van der Waals surface area contributed by atoms with Gasteiger partial charge in [-0.1, -0.05) is 18.2 Å². The van der Waals surface area contributed by atoms with Crippen LogP contribution in [0.2, 0.25) is 0 Å². The van der Waals surface area contributed by atoms with Crippen LogP contribution in [0.5, 0.6) is 5.75 Å². The average Bonchev–Trinajstić information content (AvgIpc) is 3.40. The van der Waals surface area contributed by atoms with Crippen LogP contribution in [0, 0.1) is 11.8 Å². The van der Waals surface area contributed by atoms with Crippen molar-refractivity contribution < 1.29 is 74.1 Å². The Morgan fingerprint density at radius 3 is 2.27 bits per heavy atom. The van der Waals surface area contributed by atoms with E-state index in [4.69, 9.17) is 28.4 Å². The Morgan fingerprint density at radius 1 is 0.889 bits per heavy atom. The summed E-state index contributed by atoms with van der Waals surface area (Å²) in [4.78, 5) is 12.4. The van der Waals surface area contributed by atoms with E-state index in [2.05, 4.69) is 0 Å². The maximum absolute atomic E-state index is 12.4. The standard InChI is InChI=1S/C30H38O15/c1-13-27(44-20(34)7-4-14-2-5-16(33)6-3-14)24(37)26(39)29(41-13)42-18-10-15(11-31)21-17(18)8-9-40-28(21)45-30-25(38)23(36)22(35)19(12-32)43-30/h2-10,13,17-19,21-33,35-39H,11-12H2,1H3/b7-4+/t13-,17-,18+,19+,21+,22+,23-,24-,25+,26+,27-,28-,29-,30-/m0/s1. The molecular weight excluding hydrogens is 600 g/mol. The molecule has 2 fully saturated rings. The Balaban J connectivity index is 1.22. The Hall–Kier alpha value is -2.93. The Morgan fingerprint density at radius 2 is 1.58 bits per heavy atom. The first-order valence-corrected chi connectivity index (χ1v) is 14.5. The highest BCUT2D eigenvalue weighted by Gasteiger charge is 2.52. The molecule has 0 unspecified atom stereocenters. The number of aromatic hydroxyl groups is 1. The fraction of sp³-hybridized carbons (Fsp3) is 0.567. The summed E-state index contributed by atoms with van der Waals surface area (Å²) < 4.78 is 34.1. The van der Waals surface area contributed by atoms with E-state index in [1.54, 1.807) is 24.3 Å². The Kier molecular flexibility index (Phi) is 10.6. The van der Waals surface area contributed by atoms with Gasteiger partial charge in [-0.05, 0) is 42.3 Å². The number of aliphatic hydroxyl groups excluding tert-OH is 7. The zero-order chi connectivity index (χ0) is 32.4. The molecule has 3 aliphatic heterocycles. The number of ether oxygens (including phenoxy) is 6. The van der Waals surface area contributed by atoms with Crippen molar-refractivity contribution in [1.82, 2.24) is 0 Å². The van der Waals surface area contributed by atoms with Crippen molar-refractivity contribution in [2.24, 2.45) is 11.8 Å². The number of aliphatic hydroxyl groups is 7. The van der Waals surface area contributed by atoms with Gasteiger partial charge < -0.3 is 69.3 Å². The van der Waals surface area contributed by atoms with E-state index in [1.165, 1.54) is 31.4 Å². The number of rotatable bonds is 9. The highest BCUT2D eigenvalue weighted by molar-refractivity contribution is 5.87. The molecule has 4 aliphatic rings. The molecule has 14 atom stereocenters. The number of hydrogen-bond acceptors (Lipinski definition) is 15. The van der Waals surface area contributed by atoms with Crippen LogP contribution < -0.4 is 0 Å². The SMILES string of the molecule is C[C@@H]1O[C@@H](O[C@@H]2C=C(CO)[C@H]3[C@H](O[C@@H]4O[C@H](CO)[C@@H](O)[C@H](O)[C@H]4O)OC=C[C@H]32)[C@H](O)[C@H](O)[C@H]1OC(=O)/C=C/c1ccc(O)cc1. The van der Waals surface area contributed by atoms with Crippen LogP contribution in [0.3, 0.4) is 0 Å². The number of fused-ring (bicyclic) bond motifs is 1. The molecule has 3 heterocycles. The van der Waals surface area contributed by atoms with E-state index in [1.807, 2.05) is 0 Å². The largest absolute Gasteiger partial charge is 0.508 e. The van der Waals surface area contributed by atoms with Crippen molar-refractivity contribution in [2.45, 2.75) is 80.7 Å². The second-order valence-electron chi connectivity index (χ2n) is 11.3. The summed E-state index contributed by atoms with van der Waals surface area (Å²) in [5.41, 5.74) is 1.05. The average molecular weight is 639 g/mol. The number of carbonyl (C=O) groups excluding carboxylic acids is 1. The van der Waals surface area contributed by atoms with Crippen LogP contribution in [0.1, 0.15) is 12.5 Å². The summed E-state index contributed by atoms with van der Waals surface area (Å²) in [7, 11) is 0. The van der Waals surface area contributed by atoms with Gasteiger partial charge in [-0.3, -0.25) is 0 Å². The fourth-order valence-corrected chi connectivity index (χ4v) is 5.84. The topological polar surface area (TPSA) is 234 Å². The van der Waals surface area contributed by atoms with Crippen molar-refractivity contribution in [3.8, 4) is 5.75 Å². The van der Waals surface area contributed by atoms with Crippen LogP contribution >= 0.6 is 0 Å². The van der Waals surface area contributed by atoms with Gasteiger partial charge in [0, 0.05) is 12.0 Å². The summed E-state index contributed by atoms with van der Waals surface area (Å²) in [6, 6.07) is 6.09. The smallest absolute Gasteiger partial charge is 0.331 e. The molecule has 1 aliphatic carbocycles. The molecule has 0 bridgehead atoms. The van der Waals surface area contributed by atoms with E-state index >= 15 is 0 Å². The predicted molar refractivity (Wildman–Crippen MR) is 149 cm³/mol. The molecule has 0 aromatic heterocycles. The van der Waals surface area contributed by atoms with Crippen LogP contribution in [0.4, 0.5) is 0 Å².